The third-order valence-electron chi connectivity index (χ3n) is 5.37. The van der Waals surface area contributed by atoms with Crippen LogP contribution in [0.5, 0.6) is 5.75 Å². The Labute approximate surface area is 187 Å². The Bertz CT molecular complexity index is 928. The zero-order chi connectivity index (χ0) is 22.5. The third-order valence-corrected chi connectivity index (χ3v) is 5.54. The van der Waals surface area contributed by atoms with E-state index in [-0.39, 0.29) is 10.6 Å². The molecule has 0 amide bonds. The number of aliphatic imine (C=N–C) groups is 1. The quantitative estimate of drug-likeness (QED) is 0.394. The molecule has 0 saturated heterocycles. The maximum atomic E-state index is 6.21. The summed E-state index contributed by atoms with van der Waals surface area (Å²) in [6, 6.07) is 12.3. The van der Waals surface area contributed by atoms with E-state index < -0.39 is 0 Å². The van der Waals surface area contributed by atoms with Crippen LogP contribution in [0.25, 0.3) is 0 Å². The average molecular weight is 426 g/mol. The third kappa shape index (κ3) is 6.64. The van der Waals surface area contributed by atoms with Crippen molar-refractivity contribution in [2.75, 3.05) is 20.1 Å². The smallest absolute Gasteiger partial charge is 0.290 e. The monoisotopic (exact) mass is 425 g/mol. The van der Waals surface area contributed by atoms with Gasteiger partial charge in [-0.2, -0.15) is 4.99 Å². The molecule has 0 aliphatic carbocycles. The van der Waals surface area contributed by atoms with E-state index in [1.807, 2.05) is 25.1 Å². The normalized spacial score (nSPS) is 12.3. The first-order valence-electron chi connectivity index (χ1n) is 10.5. The minimum Gasteiger partial charge on any atom is -0.430 e. The Hall–Kier alpha value is -2.24. The SMILES string of the molecule is CCN(C)CCc1cc(C)c(OC(=S)N=C(N)c2cccc(C(C)(C)C)c2)cc1C. The second kappa shape index (κ2) is 10.2. The molecule has 4 nitrogen and oxygen atoms in total. The molecule has 2 aromatic rings. The van der Waals surface area contributed by atoms with Gasteiger partial charge in [-0.1, -0.05) is 52.0 Å². The summed E-state index contributed by atoms with van der Waals surface area (Å²) < 4.78 is 5.87. The van der Waals surface area contributed by atoms with Crippen molar-refractivity contribution < 1.29 is 4.74 Å². The van der Waals surface area contributed by atoms with Gasteiger partial charge in [0.1, 0.15) is 11.6 Å². The molecule has 0 radical (unpaired) electrons. The second-order valence-electron chi connectivity index (χ2n) is 8.89. The van der Waals surface area contributed by atoms with Crippen LogP contribution in [0.15, 0.2) is 41.4 Å². The maximum absolute atomic E-state index is 6.21. The Morgan fingerprint density at radius 1 is 1.13 bits per heavy atom. The molecular formula is C25H35N3OS. The summed E-state index contributed by atoms with van der Waals surface area (Å²) in [6.07, 6.45) is 1.01. The number of benzene rings is 2. The minimum atomic E-state index is 0.0373. The van der Waals surface area contributed by atoms with Gasteiger partial charge < -0.3 is 15.4 Å². The molecule has 2 N–H and O–H groups in total. The van der Waals surface area contributed by atoms with Crippen molar-refractivity contribution in [1.82, 2.24) is 4.90 Å². The van der Waals surface area contributed by atoms with E-state index >= 15 is 0 Å². The Morgan fingerprint density at radius 3 is 2.47 bits per heavy atom. The number of amidine groups is 1. The van der Waals surface area contributed by atoms with E-state index in [2.05, 4.69) is 69.8 Å². The first kappa shape index (κ1) is 24.0. The highest BCUT2D eigenvalue weighted by Gasteiger charge is 2.15. The van der Waals surface area contributed by atoms with E-state index in [1.54, 1.807) is 0 Å². The van der Waals surface area contributed by atoms with Crippen LogP contribution in [-0.4, -0.2) is 36.0 Å². The highest BCUT2D eigenvalue weighted by Crippen LogP contribution is 2.25. The number of ether oxygens (including phenoxy) is 1. The van der Waals surface area contributed by atoms with Crippen LogP contribution in [0.4, 0.5) is 0 Å². The van der Waals surface area contributed by atoms with Crippen molar-refractivity contribution in [1.29, 1.82) is 0 Å². The van der Waals surface area contributed by atoms with Gasteiger partial charge in [-0.15, -0.1) is 0 Å². The van der Waals surface area contributed by atoms with Gasteiger partial charge in [0.15, 0.2) is 0 Å². The van der Waals surface area contributed by atoms with Crippen LogP contribution in [0.2, 0.25) is 0 Å². The van der Waals surface area contributed by atoms with E-state index in [1.165, 1.54) is 16.7 Å². The summed E-state index contributed by atoms with van der Waals surface area (Å²) >= 11 is 5.36. The van der Waals surface area contributed by atoms with Crippen molar-refractivity contribution in [2.24, 2.45) is 10.7 Å². The molecule has 5 heteroatoms. The molecular weight excluding hydrogens is 390 g/mol. The van der Waals surface area contributed by atoms with Gasteiger partial charge in [0, 0.05) is 12.1 Å². The summed E-state index contributed by atoms with van der Waals surface area (Å²) in [5.41, 5.74) is 11.9. The van der Waals surface area contributed by atoms with E-state index in [4.69, 9.17) is 22.7 Å². The van der Waals surface area contributed by atoms with E-state index in [0.29, 0.717) is 5.84 Å². The number of nitrogens with zero attached hydrogens (tertiary/aromatic N) is 2. The number of hydrogen-bond donors (Lipinski definition) is 1. The summed E-state index contributed by atoms with van der Waals surface area (Å²) in [5.74, 6) is 1.09. The van der Waals surface area contributed by atoms with Crippen LogP contribution < -0.4 is 10.5 Å². The molecule has 0 aliphatic rings. The first-order valence-corrected chi connectivity index (χ1v) is 10.9. The zero-order valence-electron chi connectivity index (χ0n) is 19.4. The van der Waals surface area contributed by atoms with E-state index in [9.17, 15) is 0 Å². The van der Waals surface area contributed by atoms with Gasteiger partial charge in [0.2, 0.25) is 0 Å². The maximum Gasteiger partial charge on any atom is 0.290 e. The molecule has 162 valence electrons. The largest absolute Gasteiger partial charge is 0.430 e. The standard InChI is InChI=1S/C25H35N3OS/c1-8-28(7)13-12-19-14-18(3)22(15-17(19)2)29-24(30)27-23(26)20-10-9-11-21(16-20)25(4,5)6/h9-11,14-16H,8,12-13H2,1-7H3,(H2,26,27,30). The van der Waals surface area contributed by atoms with E-state index in [0.717, 1.165) is 36.4 Å². The number of thiocarbonyl (C=S) groups is 1. The van der Waals surface area contributed by atoms with Gasteiger partial charge in [-0.25, -0.2) is 0 Å². The lowest BCUT2D eigenvalue weighted by molar-refractivity contribution is 0.357. The molecule has 0 bridgehead atoms. The van der Waals surface area contributed by atoms with Gasteiger partial charge >= 0.3 is 0 Å². The minimum absolute atomic E-state index is 0.0373. The van der Waals surface area contributed by atoms with Crippen molar-refractivity contribution in [2.45, 2.75) is 53.4 Å². The first-order chi connectivity index (χ1) is 14.0. The molecule has 0 unspecified atom stereocenters. The molecule has 0 spiro atoms. The predicted molar refractivity (Wildman–Crippen MR) is 132 cm³/mol. The second-order valence-corrected chi connectivity index (χ2v) is 9.24. The summed E-state index contributed by atoms with van der Waals surface area (Å²) in [5, 5.41) is 0.120. The lowest BCUT2D eigenvalue weighted by Gasteiger charge is -2.19. The lowest BCUT2D eigenvalue weighted by Crippen LogP contribution is -2.21. The van der Waals surface area contributed by atoms with Crippen molar-refractivity contribution in [3.8, 4) is 5.75 Å². The number of hydrogen-bond acceptors (Lipinski definition) is 3. The molecule has 0 atom stereocenters. The van der Waals surface area contributed by atoms with Crippen molar-refractivity contribution in [3.05, 3.63) is 64.2 Å². The molecule has 30 heavy (non-hydrogen) atoms. The highest BCUT2D eigenvalue weighted by molar-refractivity contribution is 7.80. The fourth-order valence-corrected chi connectivity index (χ4v) is 3.31. The Balaban J connectivity index is 2.15. The highest BCUT2D eigenvalue weighted by atomic mass is 32.1. The summed E-state index contributed by atoms with van der Waals surface area (Å²) in [4.78, 5) is 6.63. The van der Waals surface area contributed by atoms with Crippen LogP contribution in [0.3, 0.4) is 0 Å². The topological polar surface area (TPSA) is 50.8 Å². The number of rotatable bonds is 6. The van der Waals surface area contributed by atoms with Gasteiger partial charge in [-0.05, 0) is 85.9 Å². The van der Waals surface area contributed by atoms with Crippen LogP contribution in [0.1, 0.15) is 55.5 Å². The number of likely N-dealkylation sites (N-methyl/N-ethyl adjacent to an activating group) is 1. The number of aryl methyl sites for hydroxylation is 2. The molecule has 0 heterocycles. The van der Waals surface area contributed by atoms with Crippen molar-refractivity contribution in [3.63, 3.8) is 0 Å². The fraction of sp³-hybridized carbons (Fsp3) is 0.440. The molecule has 0 fully saturated rings. The Morgan fingerprint density at radius 2 is 1.83 bits per heavy atom. The molecule has 0 aromatic heterocycles. The van der Waals surface area contributed by atoms with Gasteiger partial charge in [0.05, 0.1) is 0 Å². The molecule has 0 saturated carbocycles. The van der Waals surface area contributed by atoms with Crippen LogP contribution in [-0.2, 0) is 11.8 Å². The van der Waals surface area contributed by atoms with Crippen LogP contribution >= 0.6 is 12.2 Å². The Kier molecular flexibility index (Phi) is 8.16. The lowest BCUT2D eigenvalue weighted by atomic mass is 9.86. The van der Waals surface area contributed by atoms with Crippen molar-refractivity contribution >= 4 is 23.2 Å². The zero-order valence-corrected chi connectivity index (χ0v) is 20.2. The molecule has 2 aromatic carbocycles. The van der Waals surface area contributed by atoms with Crippen LogP contribution in [0, 0.1) is 13.8 Å². The van der Waals surface area contributed by atoms with Gasteiger partial charge in [0.25, 0.3) is 5.17 Å². The van der Waals surface area contributed by atoms with Gasteiger partial charge in [-0.3, -0.25) is 0 Å². The number of nitrogens with two attached hydrogens (primary N) is 1. The average Bonchev–Trinajstić information content (AvgIpc) is 2.68. The summed E-state index contributed by atoms with van der Waals surface area (Å²) in [6.45, 7) is 14.9. The summed E-state index contributed by atoms with van der Waals surface area (Å²) in [7, 11) is 2.14. The fourth-order valence-electron chi connectivity index (χ4n) is 3.12. The predicted octanol–water partition coefficient (Wildman–Crippen LogP) is 5.16. The molecule has 2 rings (SSSR count). The molecule has 0 aliphatic heterocycles.